The smallest absolute Gasteiger partial charge is 0.285 e. The van der Waals surface area contributed by atoms with Gasteiger partial charge in [0.25, 0.3) is 5.66 Å². The SMILES string of the molecule is C=Cc1c(C)ccc(C(F)(F)P)c1NC. The number of halogens is 2. The summed E-state index contributed by atoms with van der Waals surface area (Å²) in [5.74, 6) is 0. The predicted octanol–water partition coefficient (Wildman–Crippen LogP) is 3.60. The molecule has 0 radical (unpaired) electrons. The van der Waals surface area contributed by atoms with E-state index in [0.717, 1.165) is 11.1 Å². The highest BCUT2D eigenvalue weighted by Crippen LogP contribution is 2.41. The van der Waals surface area contributed by atoms with Gasteiger partial charge in [0.1, 0.15) is 0 Å². The largest absolute Gasteiger partial charge is 0.387 e. The fraction of sp³-hybridized carbons (Fsp3) is 0.273. The van der Waals surface area contributed by atoms with Crippen molar-refractivity contribution < 1.29 is 8.78 Å². The zero-order valence-electron chi connectivity index (χ0n) is 8.77. The van der Waals surface area contributed by atoms with E-state index in [0.29, 0.717) is 5.69 Å². The van der Waals surface area contributed by atoms with Gasteiger partial charge in [0.2, 0.25) is 0 Å². The Bertz CT molecular complexity index is 383. The molecule has 1 rings (SSSR count). The molecule has 0 aromatic heterocycles. The van der Waals surface area contributed by atoms with Crippen LogP contribution in [0.4, 0.5) is 14.5 Å². The van der Waals surface area contributed by atoms with Crippen molar-refractivity contribution in [2.45, 2.75) is 12.6 Å². The molecule has 1 N–H and O–H groups in total. The van der Waals surface area contributed by atoms with Gasteiger partial charge in [0.15, 0.2) is 0 Å². The summed E-state index contributed by atoms with van der Waals surface area (Å²) >= 11 is 0. The first-order chi connectivity index (χ1) is 6.91. The van der Waals surface area contributed by atoms with Gasteiger partial charge in [0.05, 0.1) is 5.69 Å². The maximum absolute atomic E-state index is 13.2. The van der Waals surface area contributed by atoms with E-state index in [4.69, 9.17) is 0 Å². The Morgan fingerprint density at radius 1 is 1.47 bits per heavy atom. The molecule has 0 amide bonds. The van der Waals surface area contributed by atoms with E-state index in [2.05, 4.69) is 11.9 Å². The third-order valence-corrected chi connectivity index (χ3v) is 2.59. The number of nitrogens with one attached hydrogen (secondary N) is 1. The first-order valence-electron chi connectivity index (χ1n) is 4.52. The Balaban J connectivity index is 3.49. The Labute approximate surface area is 90.8 Å². The summed E-state index contributed by atoms with van der Waals surface area (Å²) in [5.41, 5.74) is -0.881. The van der Waals surface area contributed by atoms with Gasteiger partial charge in [-0.25, -0.2) is 0 Å². The molecule has 1 aromatic rings. The van der Waals surface area contributed by atoms with E-state index in [1.165, 1.54) is 6.07 Å². The first kappa shape index (κ1) is 12.1. The minimum absolute atomic E-state index is 0.0319. The fourth-order valence-electron chi connectivity index (χ4n) is 1.53. The molecule has 0 heterocycles. The van der Waals surface area contributed by atoms with Crippen LogP contribution in [0.25, 0.3) is 6.08 Å². The molecule has 15 heavy (non-hydrogen) atoms. The second-order valence-electron chi connectivity index (χ2n) is 3.30. The van der Waals surface area contributed by atoms with Crippen LogP contribution in [0.5, 0.6) is 0 Å². The van der Waals surface area contributed by atoms with Crippen LogP contribution in [0.2, 0.25) is 0 Å². The van der Waals surface area contributed by atoms with Crippen LogP contribution >= 0.6 is 9.24 Å². The molecule has 4 heteroatoms. The van der Waals surface area contributed by atoms with Crippen molar-refractivity contribution in [3.8, 4) is 0 Å². The highest BCUT2D eigenvalue weighted by atomic mass is 31.0. The van der Waals surface area contributed by atoms with Crippen molar-refractivity contribution in [3.05, 3.63) is 35.4 Å². The fourth-order valence-corrected chi connectivity index (χ4v) is 1.77. The van der Waals surface area contributed by atoms with Crippen LogP contribution in [0.15, 0.2) is 18.7 Å². The molecule has 1 aromatic carbocycles. The summed E-state index contributed by atoms with van der Waals surface area (Å²) in [7, 11) is 3.17. The summed E-state index contributed by atoms with van der Waals surface area (Å²) < 4.78 is 26.5. The summed E-state index contributed by atoms with van der Waals surface area (Å²) in [6, 6.07) is 3.10. The molecule has 0 aliphatic heterocycles. The topological polar surface area (TPSA) is 12.0 Å². The van der Waals surface area contributed by atoms with E-state index in [1.54, 1.807) is 28.4 Å². The minimum atomic E-state index is -2.93. The Hall–Kier alpha value is -0.950. The maximum Gasteiger partial charge on any atom is 0.285 e. The van der Waals surface area contributed by atoms with Gasteiger partial charge in [-0.15, -0.1) is 0 Å². The van der Waals surface area contributed by atoms with Gasteiger partial charge in [-0.1, -0.05) is 34.0 Å². The number of aryl methyl sites for hydroxylation is 1. The number of alkyl halides is 2. The summed E-state index contributed by atoms with van der Waals surface area (Å²) in [5, 5.41) is 2.80. The van der Waals surface area contributed by atoms with Crippen molar-refractivity contribution in [1.29, 1.82) is 0 Å². The highest BCUT2D eigenvalue weighted by molar-refractivity contribution is 7.17. The van der Waals surface area contributed by atoms with Crippen molar-refractivity contribution in [2.75, 3.05) is 12.4 Å². The molecule has 1 atom stereocenters. The van der Waals surface area contributed by atoms with E-state index in [1.807, 2.05) is 6.92 Å². The molecule has 82 valence electrons. The zero-order chi connectivity index (χ0) is 11.6. The lowest BCUT2D eigenvalue weighted by Gasteiger charge is -2.19. The van der Waals surface area contributed by atoms with Gasteiger partial charge in [-0.2, -0.15) is 8.78 Å². The van der Waals surface area contributed by atoms with Crippen molar-refractivity contribution in [3.63, 3.8) is 0 Å². The quantitative estimate of drug-likeness (QED) is 0.781. The molecule has 0 bridgehead atoms. The third kappa shape index (κ3) is 2.35. The lowest BCUT2D eigenvalue weighted by atomic mass is 10.0. The monoisotopic (exact) mass is 229 g/mol. The molecule has 1 nitrogen and oxygen atoms in total. The molecule has 0 fully saturated rings. The number of hydrogen-bond donors (Lipinski definition) is 1. The summed E-state index contributed by atoms with van der Waals surface area (Å²) in [6.07, 6.45) is 1.58. The summed E-state index contributed by atoms with van der Waals surface area (Å²) in [4.78, 5) is 0. The van der Waals surface area contributed by atoms with Crippen LogP contribution in [0.1, 0.15) is 16.7 Å². The van der Waals surface area contributed by atoms with E-state index in [9.17, 15) is 8.78 Å². The van der Waals surface area contributed by atoms with Crippen LogP contribution in [-0.2, 0) is 5.66 Å². The molecular weight excluding hydrogens is 215 g/mol. The number of hydrogen-bond acceptors (Lipinski definition) is 1. The Morgan fingerprint density at radius 2 is 2.07 bits per heavy atom. The maximum atomic E-state index is 13.2. The second kappa shape index (κ2) is 4.28. The van der Waals surface area contributed by atoms with Crippen molar-refractivity contribution in [2.24, 2.45) is 0 Å². The van der Waals surface area contributed by atoms with Crippen molar-refractivity contribution in [1.82, 2.24) is 0 Å². The minimum Gasteiger partial charge on any atom is -0.387 e. The Kier molecular flexibility index (Phi) is 3.46. The van der Waals surface area contributed by atoms with Gasteiger partial charge in [0, 0.05) is 18.2 Å². The molecule has 0 spiro atoms. The van der Waals surface area contributed by atoms with E-state index >= 15 is 0 Å². The Morgan fingerprint density at radius 3 is 2.47 bits per heavy atom. The zero-order valence-corrected chi connectivity index (χ0v) is 9.93. The summed E-state index contributed by atoms with van der Waals surface area (Å²) in [6.45, 7) is 5.50. The normalized spacial score (nSPS) is 11.3. The van der Waals surface area contributed by atoms with E-state index < -0.39 is 5.66 Å². The molecule has 0 aliphatic rings. The number of benzene rings is 1. The third-order valence-electron chi connectivity index (χ3n) is 2.28. The van der Waals surface area contributed by atoms with Gasteiger partial charge in [-0.05, 0) is 12.5 Å². The predicted molar refractivity (Wildman–Crippen MR) is 64.4 cm³/mol. The molecule has 0 saturated heterocycles. The highest BCUT2D eigenvalue weighted by Gasteiger charge is 2.28. The van der Waals surface area contributed by atoms with Gasteiger partial charge in [-0.3, -0.25) is 0 Å². The first-order valence-corrected chi connectivity index (χ1v) is 5.10. The standard InChI is InChI=1S/C11H14F2NP/c1-4-8-7(2)5-6-9(10(8)14-3)11(12,13)15/h4-6,14H,1,15H2,2-3H3. The molecule has 0 saturated carbocycles. The van der Waals surface area contributed by atoms with Crippen LogP contribution in [-0.4, -0.2) is 7.05 Å². The van der Waals surface area contributed by atoms with Crippen molar-refractivity contribution >= 4 is 21.0 Å². The molecular formula is C11H14F2NP. The second-order valence-corrected chi connectivity index (χ2v) is 4.02. The van der Waals surface area contributed by atoms with E-state index in [-0.39, 0.29) is 5.56 Å². The lowest BCUT2D eigenvalue weighted by molar-refractivity contribution is 0.105. The van der Waals surface area contributed by atoms with Gasteiger partial charge >= 0.3 is 0 Å². The number of anilines is 1. The van der Waals surface area contributed by atoms with Crippen LogP contribution in [0.3, 0.4) is 0 Å². The van der Waals surface area contributed by atoms with Gasteiger partial charge < -0.3 is 5.32 Å². The van der Waals surface area contributed by atoms with Crippen LogP contribution < -0.4 is 5.32 Å². The van der Waals surface area contributed by atoms with Crippen LogP contribution in [0, 0.1) is 6.92 Å². The lowest BCUT2D eigenvalue weighted by Crippen LogP contribution is -2.09. The number of rotatable bonds is 3. The average Bonchev–Trinajstić information content (AvgIpc) is 2.15. The molecule has 0 aliphatic carbocycles. The molecule has 1 unspecified atom stereocenters. The average molecular weight is 229 g/mol.